The summed E-state index contributed by atoms with van der Waals surface area (Å²) in [6.45, 7) is 0. The Morgan fingerprint density at radius 3 is 2.77 bits per heavy atom. The summed E-state index contributed by atoms with van der Waals surface area (Å²) in [5.74, 6) is -0.970. The number of carbonyl (C=O) groups is 2. The van der Waals surface area contributed by atoms with Crippen LogP contribution < -0.4 is 11.1 Å². The molecule has 68 valence electrons. The second-order valence-corrected chi connectivity index (χ2v) is 2.22. The summed E-state index contributed by atoms with van der Waals surface area (Å²) in [7, 11) is 0. The number of carboxylic acids is 1. The van der Waals surface area contributed by atoms with Crippen molar-refractivity contribution in [3.8, 4) is 0 Å². The molecular weight excluding hydrogens is 174 g/mol. The molecule has 1 aromatic heterocycles. The smallest absolute Gasteiger partial charge is 0.335 e. The van der Waals surface area contributed by atoms with Crippen molar-refractivity contribution in [1.29, 1.82) is 0 Å². The van der Waals surface area contributed by atoms with E-state index in [0.717, 1.165) is 0 Å². The number of anilines is 1. The van der Waals surface area contributed by atoms with Gasteiger partial charge in [0.05, 0.1) is 5.56 Å². The van der Waals surface area contributed by atoms with Gasteiger partial charge in [-0.25, -0.2) is 14.6 Å². The summed E-state index contributed by atoms with van der Waals surface area (Å²) in [6, 6.07) is 1.75. The van der Waals surface area contributed by atoms with E-state index in [9.17, 15) is 9.59 Å². The van der Waals surface area contributed by atoms with Gasteiger partial charge >= 0.3 is 12.0 Å². The number of aromatic carboxylic acids is 1. The number of amides is 2. The van der Waals surface area contributed by atoms with Gasteiger partial charge < -0.3 is 10.8 Å². The van der Waals surface area contributed by atoms with Crippen LogP contribution in [0.2, 0.25) is 0 Å². The Morgan fingerprint density at radius 2 is 2.23 bits per heavy atom. The van der Waals surface area contributed by atoms with E-state index < -0.39 is 12.0 Å². The fraction of sp³-hybridized carbons (Fsp3) is 0. The van der Waals surface area contributed by atoms with Crippen LogP contribution in [0.15, 0.2) is 18.3 Å². The number of nitrogens with one attached hydrogen (secondary N) is 1. The summed E-state index contributed by atoms with van der Waals surface area (Å²) >= 11 is 0. The zero-order chi connectivity index (χ0) is 9.84. The molecule has 0 aliphatic carbocycles. The molecular formula is C7H7N3O3. The molecule has 1 heterocycles. The molecule has 0 aliphatic heterocycles. The fourth-order valence-corrected chi connectivity index (χ4v) is 0.758. The van der Waals surface area contributed by atoms with Crippen molar-refractivity contribution in [2.75, 3.05) is 5.32 Å². The Balaban J connectivity index is 2.91. The third kappa shape index (κ3) is 2.44. The number of rotatable bonds is 2. The molecule has 1 aromatic rings. The van der Waals surface area contributed by atoms with E-state index in [1.54, 1.807) is 0 Å². The van der Waals surface area contributed by atoms with Crippen LogP contribution in [0.5, 0.6) is 0 Å². The molecule has 0 radical (unpaired) electrons. The van der Waals surface area contributed by atoms with Crippen molar-refractivity contribution >= 4 is 17.8 Å². The molecule has 0 bridgehead atoms. The van der Waals surface area contributed by atoms with Crippen LogP contribution in [-0.4, -0.2) is 22.1 Å². The lowest BCUT2D eigenvalue weighted by Gasteiger charge is -2.00. The number of primary amides is 1. The minimum atomic E-state index is -1.09. The Labute approximate surface area is 73.4 Å². The van der Waals surface area contributed by atoms with Crippen molar-refractivity contribution in [2.24, 2.45) is 5.73 Å². The van der Waals surface area contributed by atoms with Gasteiger partial charge in [0.25, 0.3) is 0 Å². The summed E-state index contributed by atoms with van der Waals surface area (Å²) < 4.78 is 0. The van der Waals surface area contributed by atoms with Crippen molar-refractivity contribution < 1.29 is 14.7 Å². The normalized spacial score (nSPS) is 9.23. The first kappa shape index (κ1) is 8.98. The van der Waals surface area contributed by atoms with E-state index in [1.807, 2.05) is 0 Å². The van der Waals surface area contributed by atoms with Crippen LogP contribution in [-0.2, 0) is 0 Å². The molecule has 4 N–H and O–H groups in total. The largest absolute Gasteiger partial charge is 0.478 e. The lowest BCUT2D eigenvalue weighted by molar-refractivity contribution is 0.0696. The Hall–Kier alpha value is -2.11. The first-order chi connectivity index (χ1) is 6.09. The zero-order valence-corrected chi connectivity index (χ0v) is 6.52. The zero-order valence-electron chi connectivity index (χ0n) is 6.52. The second kappa shape index (κ2) is 3.53. The summed E-state index contributed by atoms with van der Waals surface area (Å²) in [5, 5.41) is 10.7. The van der Waals surface area contributed by atoms with E-state index in [-0.39, 0.29) is 11.4 Å². The minimum Gasteiger partial charge on any atom is -0.478 e. The van der Waals surface area contributed by atoms with E-state index in [0.29, 0.717) is 0 Å². The van der Waals surface area contributed by atoms with Gasteiger partial charge in [-0.05, 0) is 12.1 Å². The third-order valence-electron chi connectivity index (χ3n) is 1.26. The number of hydrogen-bond acceptors (Lipinski definition) is 3. The lowest BCUT2D eigenvalue weighted by atomic mass is 10.2. The van der Waals surface area contributed by atoms with Gasteiger partial charge in [-0.2, -0.15) is 0 Å². The maximum atomic E-state index is 10.5. The van der Waals surface area contributed by atoms with Crippen molar-refractivity contribution in [3.05, 3.63) is 23.9 Å². The average molecular weight is 181 g/mol. The topological polar surface area (TPSA) is 105 Å². The number of nitrogens with zero attached hydrogens (tertiary/aromatic N) is 1. The fourth-order valence-electron chi connectivity index (χ4n) is 0.758. The number of hydrogen-bond donors (Lipinski definition) is 3. The number of nitrogens with two attached hydrogens (primary N) is 1. The van der Waals surface area contributed by atoms with Crippen LogP contribution in [0, 0.1) is 0 Å². The molecule has 6 heteroatoms. The molecule has 0 atom stereocenters. The van der Waals surface area contributed by atoms with Crippen molar-refractivity contribution in [2.45, 2.75) is 0 Å². The second-order valence-electron chi connectivity index (χ2n) is 2.22. The Kier molecular flexibility index (Phi) is 2.44. The van der Waals surface area contributed by atoms with Gasteiger partial charge in [0.15, 0.2) is 0 Å². The van der Waals surface area contributed by atoms with E-state index in [4.69, 9.17) is 10.8 Å². The van der Waals surface area contributed by atoms with Crippen LogP contribution in [0.3, 0.4) is 0 Å². The molecule has 1 rings (SSSR count). The van der Waals surface area contributed by atoms with Gasteiger partial charge in [0.2, 0.25) is 0 Å². The van der Waals surface area contributed by atoms with Gasteiger partial charge in [-0.15, -0.1) is 0 Å². The average Bonchev–Trinajstić information content (AvgIpc) is 2.03. The predicted octanol–water partition coefficient (Wildman–Crippen LogP) is 0.270. The molecule has 2 amide bonds. The van der Waals surface area contributed by atoms with Gasteiger partial charge in [-0.1, -0.05) is 0 Å². The highest BCUT2D eigenvalue weighted by Crippen LogP contribution is 2.05. The van der Waals surface area contributed by atoms with E-state index >= 15 is 0 Å². The number of aromatic nitrogens is 1. The highest BCUT2D eigenvalue weighted by atomic mass is 16.4. The number of carboxylic acid groups (broad SMARTS) is 1. The highest BCUT2D eigenvalue weighted by molar-refractivity contribution is 5.91. The molecule has 0 aliphatic rings. The van der Waals surface area contributed by atoms with Gasteiger partial charge in [0, 0.05) is 6.20 Å². The predicted molar refractivity (Wildman–Crippen MR) is 44.4 cm³/mol. The first-order valence-corrected chi connectivity index (χ1v) is 3.35. The van der Waals surface area contributed by atoms with Gasteiger partial charge in [-0.3, -0.25) is 5.32 Å². The quantitative estimate of drug-likeness (QED) is 0.608. The Morgan fingerprint density at radius 1 is 1.54 bits per heavy atom. The molecule has 0 spiro atoms. The number of pyridine rings is 1. The van der Waals surface area contributed by atoms with E-state index in [2.05, 4.69) is 10.3 Å². The Bertz CT molecular complexity index is 351. The molecule has 6 nitrogen and oxygen atoms in total. The van der Waals surface area contributed by atoms with Crippen LogP contribution in [0.4, 0.5) is 10.6 Å². The van der Waals surface area contributed by atoms with Crippen molar-refractivity contribution in [1.82, 2.24) is 4.98 Å². The number of urea groups is 1. The molecule has 0 saturated carbocycles. The summed E-state index contributed by atoms with van der Waals surface area (Å²) in [4.78, 5) is 24.5. The maximum absolute atomic E-state index is 10.5. The van der Waals surface area contributed by atoms with Crippen LogP contribution >= 0.6 is 0 Å². The summed E-state index contributed by atoms with van der Waals surface area (Å²) in [6.07, 6.45) is 1.27. The first-order valence-electron chi connectivity index (χ1n) is 3.35. The third-order valence-corrected chi connectivity index (χ3v) is 1.26. The highest BCUT2D eigenvalue weighted by Gasteiger charge is 2.04. The SMILES string of the molecule is NC(=O)Nc1cc(C(=O)O)ccn1. The monoisotopic (exact) mass is 181 g/mol. The van der Waals surface area contributed by atoms with Crippen LogP contribution in [0.25, 0.3) is 0 Å². The molecule has 0 saturated heterocycles. The summed E-state index contributed by atoms with van der Waals surface area (Å²) in [5.41, 5.74) is 4.85. The van der Waals surface area contributed by atoms with Gasteiger partial charge in [0.1, 0.15) is 5.82 Å². The lowest BCUT2D eigenvalue weighted by Crippen LogP contribution is -2.20. The molecule has 13 heavy (non-hydrogen) atoms. The maximum Gasteiger partial charge on any atom is 0.335 e. The molecule has 0 aromatic carbocycles. The molecule has 0 unspecified atom stereocenters. The number of carbonyl (C=O) groups excluding carboxylic acids is 1. The van der Waals surface area contributed by atoms with E-state index in [1.165, 1.54) is 18.3 Å². The standard InChI is InChI=1S/C7H7N3O3/c8-7(13)10-5-3-4(6(11)12)1-2-9-5/h1-3H,(H,11,12)(H3,8,9,10,13). The minimum absolute atomic E-state index is 0.0405. The van der Waals surface area contributed by atoms with Crippen LogP contribution in [0.1, 0.15) is 10.4 Å². The molecule has 0 fully saturated rings. The van der Waals surface area contributed by atoms with Crippen molar-refractivity contribution in [3.63, 3.8) is 0 Å².